The highest BCUT2D eigenvalue weighted by Crippen LogP contribution is 2.32. The van der Waals surface area contributed by atoms with E-state index in [2.05, 4.69) is 4.99 Å². The van der Waals surface area contributed by atoms with E-state index >= 15 is 0 Å². The third-order valence-electron chi connectivity index (χ3n) is 7.43. The number of nitrogens with two attached hydrogens (primary N) is 1. The van der Waals surface area contributed by atoms with Crippen LogP contribution in [-0.2, 0) is 14.3 Å². The van der Waals surface area contributed by atoms with Crippen molar-refractivity contribution >= 4 is 17.5 Å². The molecule has 10 heteroatoms. The van der Waals surface area contributed by atoms with Crippen LogP contribution in [0.25, 0.3) is 0 Å². The van der Waals surface area contributed by atoms with Crippen LogP contribution in [0, 0.1) is 5.82 Å². The van der Waals surface area contributed by atoms with Crippen LogP contribution in [0.1, 0.15) is 69.4 Å². The monoisotopic (exact) mass is 520 g/mol. The second-order valence-electron chi connectivity index (χ2n) is 10.2. The lowest BCUT2D eigenvalue weighted by Gasteiger charge is -2.35. The summed E-state index contributed by atoms with van der Waals surface area (Å²) in [4.78, 5) is 33.9. The molecule has 2 N–H and O–H groups in total. The molecule has 1 aliphatic carbocycles. The predicted octanol–water partition coefficient (Wildman–Crippen LogP) is 3.94. The second kappa shape index (κ2) is 11.7. The summed E-state index contributed by atoms with van der Waals surface area (Å²) in [7, 11) is 0. The molecule has 3 aliphatic rings. The SMILES string of the molecule is C[C@@H]1CN(C(=O)/C(N)=C2\CCCC2=NCC(=O)N2CCC(c3ccc(F)c(C(F)F)c3)CC2)C[C@H](C)O1. The molecule has 1 aromatic rings. The number of piperidine rings is 1. The number of hydrogen-bond donors (Lipinski definition) is 1. The fourth-order valence-electron chi connectivity index (χ4n) is 5.54. The Morgan fingerprint density at radius 1 is 1.11 bits per heavy atom. The van der Waals surface area contributed by atoms with Crippen LogP contribution >= 0.6 is 0 Å². The molecule has 0 spiro atoms. The quantitative estimate of drug-likeness (QED) is 0.596. The first kappa shape index (κ1) is 27.2. The van der Waals surface area contributed by atoms with E-state index in [0.29, 0.717) is 63.1 Å². The lowest BCUT2D eigenvalue weighted by Crippen LogP contribution is -2.49. The Labute approximate surface area is 215 Å². The zero-order chi connectivity index (χ0) is 26.7. The van der Waals surface area contributed by atoms with E-state index in [1.807, 2.05) is 13.8 Å². The highest BCUT2D eigenvalue weighted by atomic mass is 19.3. The van der Waals surface area contributed by atoms with Crippen LogP contribution in [0.5, 0.6) is 0 Å². The summed E-state index contributed by atoms with van der Waals surface area (Å²) in [6, 6.07) is 3.88. The van der Waals surface area contributed by atoms with Crippen molar-refractivity contribution in [3.8, 4) is 0 Å². The standard InChI is InChI=1S/C27H35F3N4O3/c1-16-14-34(15-17(2)37-16)27(36)25(31)20-4-3-5-23(20)32-13-24(35)33-10-8-18(9-11-33)19-6-7-22(28)21(12-19)26(29)30/h6-7,12,16-18,26H,3-5,8-11,13-15,31H2,1-2H3/b25-20-,32-23?/t16-,17+. The number of halogens is 3. The van der Waals surface area contributed by atoms with Crippen LogP contribution in [0.2, 0.25) is 0 Å². The van der Waals surface area contributed by atoms with Crippen molar-refractivity contribution < 1.29 is 27.5 Å². The van der Waals surface area contributed by atoms with Gasteiger partial charge in [-0.1, -0.05) is 6.07 Å². The molecule has 1 aromatic carbocycles. The zero-order valence-corrected chi connectivity index (χ0v) is 21.4. The Hall–Kier alpha value is -2.88. The number of benzene rings is 1. The minimum atomic E-state index is -2.86. The van der Waals surface area contributed by atoms with Crippen LogP contribution in [-0.4, -0.2) is 72.3 Å². The van der Waals surface area contributed by atoms with Gasteiger partial charge >= 0.3 is 0 Å². The lowest BCUT2D eigenvalue weighted by molar-refractivity contribution is -0.139. The molecule has 202 valence electrons. The number of aliphatic imine (C=N–C) groups is 1. The fraction of sp³-hybridized carbons (Fsp3) is 0.593. The van der Waals surface area contributed by atoms with Crippen molar-refractivity contribution in [1.82, 2.24) is 9.80 Å². The normalized spacial score (nSPS) is 25.7. The summed E-state index contributed by atoms with van der Waals surface area (Å²) < 4.78 is 45.5. The van der Waals surface area contributed by atoms with Gasteiger partial charge in [0, 0.05) is 37.5 Å². The molecule has 2 saturated heterocycles. The van der Waals surface area contributed by atoms with Crippen molar-refractivity contribution in [2.75, 3.05) is 32.7 Å². The maximum Gasteiger partial charge on any atom is 0.270 e. The van der Waals surface area contributed by atoms with E-state index in [-0.39, 0.29) is 42.2 Å². The van der Waals surface area contributed by atoms with Gasteiger partial charge in [-0.3, -0.25) is 14.6 Å². The number of rotatable bonds is 5. The number of ether oxygens (including phenoxy) is 1. The Kier molecular flexibility index (Phi) is 8.56. The number of carbonyl (C=O) groups is 2. The molecule has 7 nitrogen and oxygen atoms in total. The summed E-state index contributed by atoms with van der Waals surface area (Å²) >= 11 is 0. The van der Waals surface area contributed by atoms with Gasteiger partial charge in [-0.05, 0) is 69.6 Å². The number of allylic oxidation sites excluding steroid dienone is 1. The van der Waals surface area contributed by atoms with E-state index in [1.54, 1.807) is 15.9 Å². The van der Waals surface area contributed by atoms with E-state index in [0.717, 1.165) is 18.1 Å². The fourth-order valence-corrected chi connectivity index (χ4v) is 5.54. The number of carbonyl (C=O) groups excluding carboxylic acids is 2. The molecular weight excluding hydrogens is 485 g/mol. The largest absolute Gasteiger partial charge is 0.394 e. The van der Waals surface area contributed by atoms with Crippen LogP contribution in [0.4, 0.5) is 13.2 Å². The molecule has 1 saturated carbocycles. The highest BCUT2D eigenvalue weighted by molar-refractivity contribution is 6.09. The smallest absolute Gasteiger partial charge is 0.270 e. The topological polar surface area (TPSA) is 88.2 Å². The number of alkyl halides is 2. The Balaban J connectivity index is 1.35. The van der Waals surface area contributed by atoms with Crippen molar-refractivity contribution in [1.29, 1.82) is 0 Å². The molecule has 2 heterocycles. The third kappa shape index (κ3) is 6.34. The maximum atomic E-state index is 13.6. The number of morpholine rings is 1. The van der Waals surface area contributed by atoms with E-state index in [9.17, 15) is 22.8 Å². The van der Waals surface area contributed by atoms with E-state index in [1.165, 1.54) is 6.07 Å². The molecule has 0 radical (unpaired) electrons. The van der Waals surface area contributed by atoms with Crippen LogP contribution in [0.3, 0.4) is 0 Å². The maximum absolute atomic E-state index is 13.6. The number of nitrogens with zero attached hydrogens (tertiary/aromatic N) is 3. The first-order valence-corrected chi connectivity index (χ1v) is 13.0. The lowest BCUT2D eigenvalue weighted by atomic mass is 9.88. The predicted molar refractivity (Wildman–Crippen MR) is 134 cm³/mol. The average Bonchev–Trinajstić information content (AvgIpc) is 3.34. The molecule has 0 aromatic heterocycles. The van der Waals surface area contributed by atoms with Gasteiger partial charge in [0.05, 0.1) is 17.8 Å². The summed E-state index contributed by atoms with van der Waals surface area (Å²) in [5.41, 5.74) is 8.04. The van der Waals surface area contributed by atoms with Gasteiger partial charge in [0.2, 0.25) is 5.91 Å². The van der Waals surface area contributed by atoms with Crippen molar-refractivity contribution in [3.63, 3.8) is 0 Å². The molecule has 0 bridgehead atoms. The van der Waals surface area contributed by atoms with E-state index < -0.39 is 17.8 Å². The third-order valence-corrected chi connectivity index (χ3v) is 7.43. The molecule has 4 rings (SSSR count). The van der Waals surface area contributed by atoms with Crippen molar-refractivity contribution in [2.45, 2.75) is 70.5 Å². The van der Waals surface area contributed by atoms with Gasteiger partial charge in [-0.15, -0.1) is 0 Å². The van der Waals surface area contributed by atoms with E-state index in [4.69, 9.17) is 10.5 Å². The number of amides is 2. The molecule has 37 heavy (non-hydrogen) atoms. The summed E-state index contributed by atoms with van der Waals surface area (Å²) in [6.45, 7) is 5.76. The summed E-state index contributed by atoms with van der Waals surface area (Å²) in [6.07, 6.45) is 0.405. The van der Waals surface area contributed by atoms with Crippen LogP contribution in [0.15, 0.2) is 34.5 Å². The summed E-state index contributed by atoms with van der Waals surface area (Å²) in [5, 5.41) is 0. The van der Waals surface area contributed by atoms with Gasteiger partial charge in [0.1, 0.15) is 18.1 Å². The number of hydrogen-bond acceptors (Lipinski definition) is 5. The Morgan fingerprint density at radius 2 is 1.78 bits per heavy atom. The Morgan fingerprint density at radius 3 is 2.43 bits per heavy atom. The van der Waals surface area contributed by atoms with Crippen molar-refractivity contribution in [2.24, 2.45) is 10.7 Å². The zero-order valence-electron chi connectivity index (χ0n) is 21.4. The Bertz CT molecular complexity index is 1070. The molecule has 2 amide bonds. The van der Waals surface area contributed by atoms with Gasteiger partial charge < -0.3 is 20.3 Å². The minimum absolute atomic E-state index is 0.00531. The van der Waals surface area contributed by atoms with Gasteiger partial charge in [0.25, 0.3) is 12.3 Å². The highest BCUT2D eigenvalue weighted by Gasteiger charge is 2.30. The first-order chi connectivity index (χ1) is 17.6. The van der Waals surface area contributed by atoms with Gasteiger partial charge in [-0.2, -0.15) is 0 Å². The molecular formula is C27H35F3N4O3. The molecule has 0 unspecified atom stereocenters. The average molecular weight is 521 g/mol. The molecule has 2 aliphatic heterocycles. The first-order valence-electron chi connectivity index (χ1n) is 13.0. The summed E-state index contributed by atoms with van der Waals surface area (Å²) in [5.74, 6) is -1.24. The van der Waals surface area contributed by atoms with Gasteiger partial charge in [0.15, 0.2) is 0 Å². The van der Waals surface area contributed by atoms with Gasteiger partial charge in [-0.25, -0.2) is 13.2 Å². The second-order valence-corrected chi connectivity index (χ2v) is 10.2. The molecule has 3 fully saturated rings. The number of likely N-dealkylation sites (tertiary alicyclic amines) is 1. The van der Waals surface area contributed by atoms with Crippen LogP contribution < -0.4 is 5.73 Å². The minimum Gasteiger partial charge on any atom is -0.394 e. The van der Waals surface area contributed by atoms with Crippen molar-refractivity contribution in [3.05, 3.63) is 46.4 Å². The molecule has 2 atom stereocenters.